The molecule has 0 fully saturated rings. The third-order valence-electron chi connectivity index (χ3n) is 2.71. The quantitative estimate of drug-likeness (QED) is 0.886. The Labute approximate surface area is 121 Å². The molecule has 0 radical (unpaired) electrons. The van der Waals surface area contributed by atoms with Gasteiger partial charge in [-0.3, -0.25) is 0 Å². The van der Waals surface area contributed by atoms with E-state index in [-0.39, 0.29) is 11.9 Å². The second kappa shape index (κ2) is 6.24. The van der Waals surface area contributed by atoms with Crippen LogP contribution in [0, 0.1) is 5.82 Å². The fourth-order valence-corrected chi connectivity index (χ4v) is 2.34. The first-order valence-electron chi connectivity index (χ1n) is 5.76. The zero-order valence-corrected chi connectivity index (χ0v) is 11.5. The SMILES string of the molecule is NCC(Nc1ccc(F)cc1)c1cc(Cl)cc(Cl)c1. The lowest BCUT2D eigenvalue weighted by Gasteiger charge is -2.19. The Morgan fingerprint density at radius 2 is 1.63 bits per heavy atom. The van der Waals surface area contributed by atoms with Crippen molar-refractivity contribution in [1.82, 2.24) is 0 Å². The molecule has 1 unspecified atom stereocenters. The van der Waals surface area contributed by atoms with E-state index in [0.717, 1.165) is 11.3 Å². The maximum Gasteiger partial charge on any atom is 0.123 e. The summed E-state index contributed by atoms with van der Waals surface area (Å²) < 4.78 is 12.8. The lowest BCUT2D eigenvalue weighted by molar-refractivity contribution is 0.628. The molecule has 2 nitrogen and oxygen atoms in total. The van der Waals surface area contributed by atoms with Gasteiger partial charge in [-0.25, -0.2) is 4.39 Å². The predicted molar refractivity (Wildman–Crippen MR) is 78.3 cm³/mol. The number of hydrogen-bond acceptors (Lipinski definition) is 2. The van der Waals surface area contributed by atoms with Crippen molar-refractivity contribution in [3.63, 3.8) is 0 Å². The summed E-state index contributed by atoms with van der Waals surface area (Å²) in [4.78, 5) is 0. The Balaban J connectivity index is 2.22. The monoisotopic (exact) mass is 298 g/mol. The van der Waals surface area contributed by atoms with Gasteiger partial charge in [-0.15, -0.1) is 0 Å². The molecule has 100 valence electrons. The summed E-state index contributed by atoms with van der Waals surface area (Å²) in [7, 11) is 0. The molecule has 1 atom stereocenters. The van der Waals surface area contributed by atoms with Crippen LogP contribution in [-0.2, 0) is 0 Å². The molecule has 2 rings (SSSR count). The average Bonchev–Trinajstić information content (AvgIpc) is 2.37. The number of nitrogens with two attached hydrogens (primary N) is 1. The van der Waals surface area contributed by atoms with Gasteiger partial charge in [-0.2, -0.15) is 0 Å². The van der Waals surface area contributed by atoms with Crippen LogP contribution in [-0.4, -0.2) is 6.54 Å². The Bertz CT molecular complexity index is 538. The van der Waals surface area contributed by atoms with Crippen LogP contribution in [0.15, 0.2) is 42.5 Å². The van der Waals surface area contributed by atoms with Crippen molar-refractivity contribution in [3.05, 3.63) is 63.9 Å². The summed E-state index contributed by atoms with van der Waals surface area (Å²) in [5, 5.41) is 4.33. The van der Waals surface area contributed by atoms with E-state index in [2.05, 4.69) is 5.32 Å². The molecule has 2 aromatic carbocycles. The number of anilines is 1. The lowest BCUT2D eigenvalue weighted by atomic mass is 10.1. The minimum Gasteiger partial charge on any atom is -0.377 e. The van der Waals surface area contributed by atoms with Gasteiger partial charge in [-0.1, -0.05) is 23.2 Å². The summed E-state index contributed by atoms with van der Waals surface area (Å²) in [5.41, 5.74) is 7.44. The summed E-state index contributed by atoms with van der Waals surface area (Å²) in [5.74, 6) is -0.277. The van der Waals surface area contributed by atoms with Gasteiger partial charge in [0.25, 0.3) is 0 Å². The largest absolute Gasteiger partial charge is 0.377 e. The van der Waals surface area contributed by atoms with Gasteiger partial charge in [-0.05, 0) is 48.0 Å². The van der Waals surface area contributed by atoms with Gasteiger partial charge >= 0.3 is 0 Å². The molecule has 0 heterocycles. The van der Waals surface area contributed by atoms with Crippen LogP contribution in [0.2, 0.25) is 10.0 Å². The predicted octanol–water partition coefficient (Wildman–Crippen LogP) is 4.24. The highest BCUT2D eigenvalue weighted by Gasteiger charge is 2.11. The third-order valence-corrected chi connectivity index (χ3v) is 3.14. The second-order valence-corrected chi connectivity index (χ2v) is 5.02. The molecule has 0 spiro atoms. The van der Waals surface area contributed by atoms with Crippen molar-refractivity contribution in [2.45, 2.75) is 6.04 Å². The Kier molecular flexibility index (Phi) is 4.64. The van der Waals surface area contributed by atoms with Gasteiger partial charge in [0, 0.05) is 22.3 Å². The zero-order chi connectivity index (χ0) is 13.8. The van der Waals surface area contributed by atoms with Crippen LogP contribution in [0.4, 0.5) is 10.1 Å². The maximum absolute atomic E-state index is 12.8. The van der Waals surface area contributed by atoms with Crippen LogP contribution < -0.4 is 11.1 Å². The van der Waals surface area contributed by atoms with E-state index >= 15 is 0 Å². The highest BCUT2D eigenvalue weighted by atomic mass is 35.5. The Morgan fingerprint density at radius 1 is 1.05 bits per heavy atom. The molecule has 19 heavy (non-hydrogen) atoms. The third kappa shape index (κ3) is 3.83. The second-order valence-electron chi connectivity index (χ2n) is 4.14. The normalized spacial score (nSPS) is 12.2. The molecule has 0 aromatic heterocycles. The molecular weight excluding hydrogens is 286 g/mol. The van der Waals surface area contributed by atoms with Crippen molar-refractivity contribution in [1.29, 1.82) is 0 Å². The fraction of sp³-hybridized carbons (Fsp3) is 0.143. The summed E-state index contributed by atoms with van der Waals surface area (Å²) in [6.07, 6.45) is 0. The molecule has 0 aliphatic carbocycles. The highest BCUT2D eigenvalue weighted by molar-refractivity contribution is 6.34. The highest BCUT2D eigenvalue weighted by Crippen LogP contribution is 2.25. The number of hydrogen-bond donors (Lipinski definition) is 2. The van der Waals surface area contributed by atoms with E-state index in [4.69, 9.17) is 28.9 Å². The molecule has 0 saturated carbocycles. The first-order valence-corrected chi connectivity index (χ1v) is 6.52. The van der Waals surface area contributed by atoms with Crippen LogP contribution in [0.25, 0.3) is 0 Å². The van der Waals surface area contributed by atoms with Gasteiger partial charge in [0.2, 0.25) is 0 Å². The van der Waals surface area contributed by atoms with E-state index in [1.807, 2.05) is 12.1 Å². The van der Waals surface area contributed by atoms with E-state index in [0.29, 0.717) is 16.6 Å². The van der Waals surface area contributed by atoms with Gasteiger partial charge in [0.05, 0.1) is 6.04 Å². The van der Waals surface area contributed by atoms with Gasteiger partial charge < -0.3 is 11.1 Å². The van der Waals surface area contributed by atoms with Crippen molar-refractivity contribution in [2.24, 2.45) is 5.73 Å². The molecular formula is C14H13Cl2FN2. The molecule has 3 N–H and O–H groups in total. The number of rotatable bonds is 4. The van der Waals surface area contributed by atoms with Crippen molar-refractivity contribution >= 4 is 28.9 Å². The zero-order valence-electron chi connectivity index (χ0n) is 10.0. The number of nitrogens with one attached hydrogen (secondary N) is 1. The van der Waals surface area contributed by atoms with E-state index in [9.17, 15) is 4.39 Å². The standard InChI is InChI=1S/C14H13Cl2FN2/c15-10-5-9(6-11(16)7-10)14(8-18)19-13-3-1-12(17)2-4-13/h1-7,14,19H,8,18H2. The molecule has 2 aromatic rings. The average molecular weight is 299 g/mol. The summed E-state index contributed by atoms with van der Waals surface area (Å²) >= 11 is 11.9. The van der Waals surface area contributed by atoms with Crippen molar-refractivity contribution in [3.8, 4) is 0 Å². The Morgan fingerprint density at radius 3 is 2.16 bits per heavy atom. The molecule has 0 bridgehead atoms. The Hall–Kier alpha value is -1.29. The molecule has 0 saturated heterocycles. The molecule has 0 aliphatic heterocycles. The van der Waals surface area contributed by atoms with E-state index < -0.39 is 0 Å². The minimum atomic E-state index is -0.277. The van der Waals surface area contributed by atoms with Crippen LogP contribution in [0.1, 0.15) is 11.6 Å². The smallest absolute Gasteiger partial charge is 0.123 e. The van der Waals surface area contributed by atoms with Crippen molar-refractivity contribution in [2.75, 3.05) is 11.9 Å². The van der Waals surface area contributed by atoms with Crippen LogP contribution >= 0.6 is 23.2 Å². The number of benzene rings is 2. The summed E-state index contributed by atoms with van der Waals surface area (Å²) in [6, 6.07) is 11.2. The van der Waals surface area contributed by atoms with Gasteiger partial charge in [0.15, 0.2) is 0 Å². The van der Waals surface area contributed by atoms with Crippen molar-refractivity contribution < 1.29 is 4.39 Å². The van der Waals surface area contributed by atoms with Gasteiger partial charge in [0.1, 0.15) is 5.82 Å². The topological polar surface area (TPSA) is 38.0 Å². The van der Waals surface area contributed by atoms with E-state index in [1.165, 1.54) is 12.1 Å². The number of halogens is 3. The molecule has 0 amide bonds. The van der Waals surface area contributed by atoms with Crippen LogP contribution in [0.5, 0.6) is 0 Å². The molecule has 5 heteroatoms. The minimum absolute atomic E-state index is 0.137. The lowest BCUT2D eigenvalue weighted by Crippen LogP contribution is -2.20. The maximum atomic E-state index is 12.8. The first kappa shape index (κ1) is 14.1. The fourth-order valence-electron chi connectivity index (χ4n) is 1.80. The first-order chi connectivity index (χ1) is 9.08. The van der Waals surface area contributed by atoms with Crippen LogP contribution in [0.3, 0.4) is 0 Å². The molecule has 0 aliphatic rings. The summed E-state index contributed by atoms with van der Waals surface area (Å²) in [6.45, 7) is 0.369. The van der Waals surface area contributed by atoms with E-state index in [1.54, 1.807) is 18.2 Å².